The molecule has 3 saturated carbocycles. The van der Waals surface area contributed by atoms with Crippen LogP contribution in [0.4, 0.5) is 10.5 Å². The fourth-order valence-corrected chi connectivity index (χ4v) is 7.59. The van der Waals surface area contributed by atoms with Crippen LogP contribution in [-0.4, -0.2) is 60.3 Å². The number of nitrogens with zero attached hydrogens (tertiary/aromatic N) is 2. The fourth-order valence-electron chi connectivity index (χ4n) is 7.59. The van der Waals surface area contributed by atoms with Crippen LogP contribution >= 0.6 is 0 Å². The van der Waals surface area contributed by atoms with Gasteiger partial charge in [-0.15, -0.1) is 0 Å². The molecule has 3 aliphatic carbocycles. The van der Waals surface area contributed by atoms with E-state index in [9.17, 15) is 19.7 Å². The molecule has 2 aromatic carbocycles. The lowest BCUT2D eigenvalue weighted by Gasteiger charge is -2.64. The number of carbonyl (C=O) groups excluding carboxylic acids is 2. The summed E-state index contributed by atoms with van der Waals surface area (Å²) in [5, 5.41) is 20.6. The third-order valence-electron chi connectivity index (χ3n) is 10.1. The van der Waals surface area contributed by atoms with E-state index in [4.69, 9.17) is 15.0 Å². The van der Waals surface area contributed by atoms with Gasteiger partial charge in [0, 0.05) is 12.2 Å². The van der Waals surface area contributed by atoms with Crippen molar-refractivity contribution < 1.29 is 23.9 Å². The van der Waals surface area contributed by atoms with Crippen molar-refractivity contribution in [3.05, 3.63) is 52.6 Å². The predicted molar refractivity (Wildman–Crippen MR) is 177 cm³/mol. The summed E-state index contributed by atoms with van der Waals surface area (Å²) in [6.07, 6.45) is 3.20. The molecule has 4 fully saturated rings. The number of carbonyl (C=O) groups is 2. The molecular formula is C32H46BN7O6. The molecule has 248 valence electrons. The Balaban J connectivity index is 1.28. The van der Waals surface area contributed by atoms with Crippen LogP contribution in [0, 0.1) is 33.3 Å². The number of hydrogen-bond acceptors (Lipinski definition) is 7. The van der Waals surface area contributed by atoms with Gasteiger partial charge in [0.05, 0.1) is 17.6 Å². The smallest absolute Gasteiger partial charge is 0.404 e. The van der Waals surface area contributed by atoms with Gasteiger partial charge in [0.2, 0.25) is 5.91 Å². The average Bonchev–Trinajstić information content (AvgIpc) is 3.35. The second-order valence-corrected chi connectivity index (χ2v) is 14.1. The highest BCUT2D eigenvalue weighted by Gasteiger charge is 2.68. The van der Waals surface area contributed by atoms with Crippen molar-refractivity contribution >= 4 is 41.5 Å². The Morgan fingerprint density at radius 2 is 1.87 bits per heavy atom. The molecule has 3 amide bonds. The van der Waals surface area contributed by atoms with Gasteiger partial charge in [-0.2, -0.15) is 0 Å². The molecule has 6 N–H and O–H groups in total. The zero-order valence-electron chi connectivity index (χ0n) is 27.2. The van der Waals surface area contributed by atoms with Crippen LogP contribution in [0.1, 0.15) is 66.7 Å². The summed E-state index contributed by atoms with van der Waals surface area (Å²) in [6.45, 7) is 11.0. The molecule has 2 bridgehead atoms. The van der Waals surface area contributed by atoms with E-state index in [1.807, 2.05) is 36.4 Å². The lowest BCUT2D eigenvalue weighted by atomic mass is 9.43. The minimum absolute atomic E-state index is 0.0291. The van der Waals surface area contributed by atoms with Crippen molar-refractivity contribution in [2.24, 2.45) is 33.9 Å². The maximum Gasteiger partial charge on any atom is 0.481 e. The number of aliphatic imine (C=N–C) groups is 1. The largest absolute Gasteiger partial charge is 0.481 e. The Morgan fingerprint density at radius 1 is 1.13 bits per heavy atom. The monoisotopic (exact) mass is 635 g/mol. The molecule has 13 nitrogen and oxygen atoms in total. The van der Waals surface area contributed by atoms with Gasteiger partial charge in [0.1, 0.15) is 6.04 Å². The van der Waals surface area contributed by atoms with E-state index in [0.29, 0.717) is 30.4 Å². The second-order valence-electron chi connectivity index (χ2n) is 14.1. The number of hydrazine groups is 1. The number of nitro groups is 1. The highest BCUT2D eigenvalue weighted by atomic mass is 16.7. The highest BCUT2D eigenvalue weighted by molar-refractivity contribution is 6.48. The first-order chi connectivity index (χ1) is 21.8. The molecule has 1 aliphatic heterocycles. The summed E-state index contributed by atoms with van der Waals surface area (Å²) in [5.41, 5.74) is 7.69. The minimum Gasteiger partial charge on any atom is -0.404 e. The molecule has 6 rings (SSSR count). The Bertz CT molecular complexity index is 1490. The maximum absolute atomic E-state index is 13.9. The first-order valence-corrected chi connectivity index (χ1v) is 16.2. The second kappa shape index (κ2) is 13.4. The standard InChI is InChI=1S/C32H46BN7O6/c1-19(2)15-27(33-45-26-18-22-17-25(31(22,3)4)32(26,5)46-33)38-28(41)24(11-8-14-35-29(34)39-40(43)44)37-30(42)36-23-13-12-20-9-6-7-10-21(20)16-23/h6-7,9-10,12-13,16,19,22,24-27H,8,11,14-15,17-18H2,1-5H3,(H,38,41)(H3,34,35,39)(H2,36,37,42)/t22-,24-,25-,26+,27-,32-/m0/s1. The number of fused-ring (bicyclic) bond motifs is 1. The first-order valence-electron chi connectivity index (χ1n) is 16.2. The van der Waals surface area contributed by atoms with Crippen molar-refractivity contribution in [3.8, 4) is 0 Å². The van der Waals surface area contributed by atoms with Gasteiger partial charge in [-0.1, -0.05) is 63.5 Å². The van der Waals surface area contributed by atoms with Crippen LogP contribution < -0.4 is 27.1 Å². The van der Waals surface area contributed by atoms with Crippen LogP contribution in [0.3, 0.4) is 0 Å². The third kappa shape index (κ3) is 7.23. The fraction of sp³-hybridized carbons (Fsp3) is 0.594. The quantitative estimate of drug-likeness (QED) is 0.0579. The number of nitrogens with one attached hydrogen (secondary N) is 4. The molecule has 1 heterocycles. The molecule has 46 heavy (non-hydrogen) atoms. The summed E-state index contributed by atoms with van der Waals surface area (Å²) in [4.78, 5) is 41.6. The Kier molecular flexibility index (Phi) is 9.78. The summed E-state index contributed by atoms with van der Waals surface area (Å²) in [6, 6.07) is 11.9. The van der Waals surface area contributed by atoms with Crippen LogP contribution in [0.5, 0.6) is 0 Å². The summed E-state index contributed by atoms with van der Waals surface area (Å²) < 4.78 is 13.2. The Labute approximate surface area is 270 Å². The van der Waals surface area contributed by atoms with E-state index >= 15 is 0 Å². The lowest BCUT2D eigenvalue weighted by molar-refractivity contribution is -0.525. The molecule has 6 atom stereocenters. The van der Waals surface area contributed by atoms with E-state index < -0.39 is 35.8 Å². The van der Waals surface area contributed by atoms with E-state index in [0.717, 1.165) is 23.6 Å². The summed E-state index contributed by atoms with van der Waals surface area (Å²) in [7, 11) is -0.610. The van der Waals surface area contributed by atoms with E-state index in [1.54, 1.807) is 11.5 Å². The zero-order valence-corrected chi connectivity index (χ0v) is 27.2. The van der Waals surface area contributed by atoms with Crippen molar-refractivity contribution in [1.82, 2.24) is 16.1 Å². The summed E-state index contributed by atoms with van der Waals surface area (Å²) >= 11 is 0. The SMILES string of the molecule is CC(C)C[C@H](NC(=O)[C@H](CCCN=C(N)N[N+](=O)[O-])NC(=O)Nc1ccc2ccccc2c1)B1O[C@@H]2C[C@@H]3C[C@@H](C3(C)C)[C@]2(C)O1. The highest BCUT2D eigenvalue weighted by Crippen LogP contribution is 2.65. The Hall–Kier alpha value is -3.91. The molecule has 0 spiro atoms. The van der Waals surface area contributed by atoms with Gasteiger partial charge in [-0.3, -0.25) is 4.79 Å². The molecule has 0 aromatic heterocycles. The van der Waals surface area contributed by atoms with Gasteiger partial charge >= 0.3 is 13.1 Å². The normalized spacial score (nSPS) is 26.1. The number of rotatable bonds is 12. The Morgan fingerprint density at radius 3 is 2.57 bits per heavy atom. The van der Waals surface area contributed by atoms with Crippen molar-refractivity contribution in [3.63, 3.8) is 0 Å². The minimum atomic E-state index is -0.930. The van der Waals surface area contributed by atoms with Crippen molar-refractivity contribution in [2.75, 3.05) is 11.9 Å². The molecule has 2 aromatic rings. The number of benzene rings is 2. The van der Waals surface area contributed by atoms with Crippen LogP contribution in [-0.2, 0) is 14.1 Å². The van der Waals surface area contributed by atoms with Gasteiger partial charge in [-0.05, 0) is 85.1 Å². The number of anilines is 1. The number of guanidine groups is 1. The van der Waals surface area contributed by atoms with Crippen LogP contribution in [0.25, 0.3) is 10.8 Å². The van der Waals surface area contributed by atoms with Gasteiger partial charge in [0.15, 0.2) is 5.03 Å². The topological polar surface area (TPSA) is 182 Å². The van der Waals surface area contributed by atoms with E-state index in [2.05, 4.69) is 55.6 Å². The van der Waals surface area contributed by atoms with E-state index in [-0.39, 0.29) is 42.3 Å². The molecule has 0 radical (unpaired) electrons. The van der Waals surface area contributed by atoms with Gasteiger partial charge in [0.25, 0.3) is 5.96 Å². The van der Waals surface area contributed by atoms with Crippen molar-refractivity contribution in [1.29, 1.82) is 0 Å². The molecule has 4 aliphatic rings. The third-order valence-corrected chi connectivity index (χ3v) is 10.1. The van der Waals surface area contributed by atoms with Crippen molar-refractivity contribution in [2.45, 2.75) is 90.4 Å². The first kappa shape index (κ1) is 33.5. The average molecular weight is 636 g/mol. The van der Waals surface area contributed by atoms with Gasteiger partial charge in [-0.25, -0.2) is 19.9 Å². The lowest BCUT2D eigenvalue weighted by Crippen LogP contribution is -2.65. The number of urea groups is 1. The summed E-state index contributed by atoms with van der Waals surface area (Å²) in [5.74, 6) is 0.0828. The van der Waals surface area contributed by atoms with Gasteiger partial charge < -0.3 is 31.0 Å². The van der Waals surface area contributed by atoms with Crippen LogP contribution in [0.15, 0.2) is 47.5 Å². The predicted octanol–water partition coefficient (Wildman–Crippen LogP) is 4.00. The number of amides is 3. The number of hydrogen-bond donors (Lipinski definition) is 5. The van der Waals surface area contributed by atoms with Crippen LogP contribution in [0.2, 0.25) is 0 Å². The molecule has 1 saturated heterocycles. The zero-order chi connectivity index (χ0) is 33.2. The maximum atomic E-state index is 13.9. The molecule has 0 unspecified atom stereocenters. The van der Waals surface area contributed by atoms with E-state index in [1.165, 1.54) is 0 Å². The number of nitrogens with two attached hydrogens (primary N) is 1. The molecular weight excluding hydrogens is 589 g/mol. The molecule has 14 heteroatoms.